The Hall–Kier alpha value is -2.11. The Morgan fingerprint density at radius 1 is 1.04 bits per heavy atom. The van der Waals surface area contributed by atoms with Gasteiger partial charge >= 0.3 is 0 Å². The van der Waals surface area contributed by atoms with Crippen LogP contribution in [-0.4, -0.2) is 32.4 Å². The number of ether oxygens (including phenoxy) is 2. The van der Waals surface area contributed by atoms with Crippen molar-refractivity contribution < 1.29 is 18.7 Å². The quantitative estimate of drug-likeness (QED) is 0.698. The number of carbonyl (C=O) groups is 1. The van der Waals surface area contributed by atoms with Gasteiger partial charge in [0.05, 0.1) is 13.7 Å². The van der Waals surface area contributed by atoms with Gasteiger partial charge in [-0.1, -0.05) is 32.0 Å². The lowest BCUT2D eigenvalue weighted by Crippen LogP contribution is -2.20. The summed E-state index contributed by atoms with van der Waals surface area (Å²) in [6.45, 7) is 4.32. The van der Waals surface area contributed by atoms with Crippen LogP contribution in [-0.2, 0) is 9.53 Å². The third-order valence-electron chi connectivity index (χ3n) is 3.94. The van der Waals surface area contributed by atoms with Gasteiger partial charge in [-0.15, -0.1) is 11.8 Å². The second kappa shape index (κ2) is 9.55. The number of methoxy groups -OCH3 is 1. The minimum Gasteiger partial charge on any atom is -0.497 e. The Labute approximate surface area is 158 Å². The molecule has 2 aromatic carbocycles. The molecule has 5 heteroatoms. The van der Waals surface area contributed by atoms with Crippen molar-refractivity contribution in [2.24, 2.45) is 0 Å². The molecular weight excluding hydrogens is 351 g/mol. The predicted octanol–water partition coefficient (Wildman–Crippen LogP) is 5.09. The van der Waals surface area contributed by atoms with Gasteiger partial charge < -0.3 is 9.47 Å². The maximum Gasteiger partial charge on any atom is 0.189 e. The average Bonchev–Trinajstić information content (AvgIpc) is 2.69. The maximum atomic E-state index is 14.1. The van der Waals surface area contributed by atoms with Gasteiger partial charge in [0.25, 0.3) is 0 Å². The molecule has 1 heterocycles. The largest absolute Gasteiger partial charge is 0.497 e. The lowest BCUT2D eigenvalue weighted by molar-refractivity contribution is -0.118. The first kappa shape index (κ1) is 20.2. The molecule has 138 valence electrons. The summed E-state index contributed by atoms with van der Waals surface area (Å²) in [6.07, 6.45) is 1.83. The lowest BCUT2D eigenvalue weighted by Gasteiger charge is -2.21. The van der Waals surface area contributed by atoms with Crippen LogP contribution in [0, 0.1) is 5.82 Å². The summed E-state index contributed by atoms with van der Waals surface area (Å²) in [7, 11) is 1.59. The van der Waals surface area contributed by atoms with Crippen LogP contribution in [0.3, 0.4) is 0 Å². The summed E-state index contributed by atoms with van der Waals surface area (Å²) in [5, 5.41) is 0. The topological polar surface area (TPSA) is 35.5 Å². The Kier molecular flexibility index (Phi) is 7.42. The van der Waals surface area contributed by atoms with E-state index in [1.807, 2.05) is 38.3 Å². The van der Waals surface area contributed by atoms with E-state index in [1.165, 1.54) is 17.8 Å². The van der Waals surface area contributed by atoms with Crippen molar-refractivity contribution in [2.75, 3.05) is 26.6 Å². The first-order valence-corrected chi connectivity index (χ1v) is 9.69. The van der Waals surface area contributed by atoms with Crippen LogP contribution in [0.5, 0.6) is 5.75 Å². The highest BCUT2D eigenvalue weighted by atomic mass is 32.2. The highest BCUT2D eigenvalue weighted by Crippen LogP contribution is 2.33. The fourth-order valence-electron chi connectivity index (χ4n) is 2.73. The van der Waals surface area contributed by atoms with Crippen LogP contribution < -0.4 is 4.74 Å². The number of hydrogen-bond acceptors (Lipinski definition) is 4. The summed E-state index contributed by atoms with van der Waals surface area (Å²) in [5.74, 6) is 0.325. The smallest absolute Gasteiger partial charge is 0.189 e. The van der Waals surface area contributed by atoms with E-state index in [4.69, 9.17) is 9.47 Å². The van der Waals surface area contributed by atoms with Gasteiger partial charge in [0, 0.05) is 10.5 Å². The SMILES string of the molecule is CC.COc1ccc(C2=C(c3ccc(SC)c(F)c3)COCC2=O)cc1. The Balaban J connectivity index is 0.00000117. The molecular formula is C21H23FO3S. The minimum absolute atomic E-state index is 0.0379. The maximum absolute atomic E-state index is 14.1. The van der Waals surface area contributed by atoms with Gasteiger partial charge in [-0.25, -0.2) is 4.39 Å². The zero-order chi connectivity index (χ0) is 19.1. The number of benzene rings is 2. The third kappa shape index (κ3) is 4.34. The second-order valence-electron chi connectivity index (χ2n) is 5.35. The zero-order valence-corrected chi connectivity index (χ0v) is 16.3. The first-order valence-electron chi connectivity index (χ1n) is 8.46. The van der Waals surface area contributed by atoms with E-state index in [0.717, 1.165) is 11.3 Å². The van der Waals surface area contributed by atoms with Crippen LogP contribution in [0.4, 0.5) is 4.39 Å². The number of rotatable bonds is 4. The zero-order valence-electron chi connectivity index (χ0n) is 15.5. The molecule has 0 unspecified atom stereocenters. The Morgan fingerprint density at radius 2 is 1.69 bits per heavy atom. The molecule has 0 atom stereocenters. The molecule has 1 aliphatic rings. The van der Waals surface area contributed by atoms with Crippen molar-refractivity contribution in [3.8, 4) is 5.75 Å². The van der Waals surface area contributed by atoms with Crippen LogP contribution >= 0.6 is 11.8 Å². The molecule has 0 aliphatic carbocycles. The Bertz CT molecular complexity index is 797. The van der Waals surface area contributed by atoms with Gasteiger partial charge in [-0.3, -0.25) is 4.79 Å². The van der Waals surface area contributed by atoms with Crippen molar-refractivity contribution in [1.29, 1.82) is 0 Å². The molecule has 0 saturated heterocycles. The van der Waals surface area contributed by atoms with Crippen molar-refractivity contribution in [3.63, 3.8) is 0 Å². The monoisotopic (exact) mass is 374 g/mol. The molecule has 0 aromatic heterocycles. The normalized spacial score (nSPS) is 14.0. The van der Waals surface area contributed by atoms with Gasteiger partial charge in [0.2, 0.25) is 0 Å². The molecule has 0 amide bonds. The van der Waals surface area contributed by atoms with E-state index >= 15 is 0 Å². The summed E-state index contributed by atoms with van der Waals surface area (Å²) in [5.41, 5.74) is 2.75. The summed E-state index contributed by atoms with van der Waals surface area (Å²) < 4.78 is 24.7. The van der Waals surface area contributed by atoms with Gasteiger partial charge in [0.15, 0.2) is 5.78 Å². The molecule has 2 aromatic rings. The average molecular weight is 374 g/mol. The molecule has 0 spiro atoms. The second-order valence-corrected chi connectivity index (χ2v) is 6.20. The van der Waals surface area contributed by atoms with Crippen molar-refractivity contribution >= 4 is 28.7 Å². The van der Waals surface area contributed by atoms with E-state index in [1.54, 1.807) is 25.3 Å². The molecule has 3 rings (SSSR count). The molecule has 0 bridgehead atoms. The van der Waals surface area contributed by atoms with Crippen molar-refractivity contribution in [1.82, 2.24) is 0 Å². The third-order valence-corrected chi connectivity index (χ3v) is 4.71. The fourth-order valence-corrected chi connectivity index (χ4v) is 3.19. The van der Waals surface area contributed by atoms with E-state index < -0.39 is 0 Å². The molecule has 1 aliphatic heterocycles. The predicted molar refractivity (Wildman–Crippen MR) is 105 cm³/mol. The van der Waals surface area contributed by atoms with E-state index in [0.29, 0.717) is 21.6 Å². The highest BCUT2D eigenvalue weighted by Gasteiger charge is 2.24. The molecule has 0 fully saturated rings. The van der Waals surface area contributed by atoms with E-state index in [2.05, 4.69) is 0 Å². The number of Topliss-reactive ketones (excluding diaryl/α,β-unsaturated/α-hetero) is 1. The lowest BCUT2D eigenvalue weighted by atomic mass is 9.91. The van der Waals surface area contributed by atoms with Crippen LogP contribution in [0.1, 0.15) is 25.0 Å². The first-order chi connectivity index (χ1) is 12.6. The fraction of sp³-hybridized carbons (Fsp3) is 0.286. The summed E-state index contributed by atoms with van der Waals surface area (Å²) in [4.78, 5) is 13.0. The van der Waals surface area contributed by atoms with Crippen LogP contribution in [0.25, 0.3) is 11.1 Å². The number of carbonyl (C=O) groups excluding carboxylic acids is 1. The minimum atomic E-state index is -0.292. The van der Waals surface area contributed by atoms with Crippen LogP contribution in [0.15, 0.2) is 47.4 Å². The van der Waals surface area contributed by atoms with Crippen LogP contribution in [0.2, 0.25) is 0 Å². The highest BCUT2D eigenvalue weighted by molar-refractivity contribution is 7.98. The number of thioether (sulfide) groups is 1. The molecule has 0 N–H and O–H groups in total. The van der Waals surface area contributed by atoms with Crippen molar-refractivity contribution in [2.45, 2.75) is 18.7 Å². The summed E-state index contributed by atoms with van der Waals surface area (Å²) >= 11 is 1.35. The standard InChI is InChI=1S/C19H17FO3S.C2H6/c1-22-14-6-3-12(4-7-14)19-15(10-23-11-17(19)21)13-5-8-18(24-2)16(20)9-13;1-2/h3-9H,10-11H2,1-2H3;1-2H3. The van der Waals surface area contributed by atoms with Crippen molar-refractivity contribution in [3.05, 3.63) is 59.4 Å². The number of halogens is 1. The van der Waals surface area contributed by atoms with Gasteiger partial charge in [0.1, 0.15) is 18.2 Å². The molecule has 0 saturated carbocycles. The number of ketones is 1. The van der Waals surface area contributed by atoms with E-state index in [-0.39, 0.29) is 24.8 Å². The Morgan fingerprint density at radius 3 is 2.27 bits per heavy atom. The molecule has 3 nitrogen and oxygen atoms in total. The summed E-state index contributed by atoms with van der Waals surface area (Å²) in [6, 6.07) is 12.3. The molecule has 26 heavy (non-hydrogen) atoms. The number of hydrogen-bond donors (Lipinski definition) is 0. The van der Waals surface area contributed by atoms with Gasteiger partial charge in [-0.05, 0) is 47.2 Å². The van der Waals surface area contributed by atoms with Gasteiger partial charge in [-0.2, -0.15) is 0 Å². The van der Waals surface area contributed by atoms with E-state index in [9.17, 15) is 9.18 Å². The molecule has 0 radical (unpaired) electrons.